The Hall–Kier alpha value is -1.42. The molecule has 88 valence electrons. The molecule has 1 amide bonds. The van der Waals surface area contributed by atoms with Gasteiger partial charge in [0.25, 0.3) is 0 Å². The molecular weight excluding hydrogens is 209 g/mol. The highest BCUT2D eigenvalue weighted by molar-refractivity contribution is 5.75. The molecule has 0 spiro atoms. The number of hydrogen-bond acceptors (Lipinski definition) is 2. The van der Waals surface area contributed by atoms with Crippen LogP contribution in [0.4, 0.5) is 4.39 Å². The quantitative estimate of drug-likeness (QED) is 0.802. The van der Waals surface area contributed by atoms with Gasteiger partial charge in [-0.25, -0.2) is 4.39 Å². The normalized spacial score (nSPS) is 12.2. The van der Waals surface area contributed by atoms with Crippen molar-refractivity contribution in [2.75, 3.05) is 6.54 Å². The molecule has 0 saturated carbocycles. The van der Waals surface area contributed by atoms with Crippen LogP contribution in [0.5, 0.6) is 0 Å². The second-order valence-corrected chi connectivity index (χ2v) is 3.56. The number of aliphatic hydroxyl groups excluding tert-OH is 1. The molecule has 0 heterocycles. The fraction of sp³-hybridized carbons (Fsp3) is 0.417. The molecule has 0 aliphatic carbocycles. The zero-order valence-electron chi connectivity index (χ0n) is 9.24. The summed E-state index contributed by atoms with van der Waals surface area (Å²) in [6.07, 6.45) is 0.196. The van der Waals surface area contributed by atoms with Gasteiger partial charge in [-0.3, -0.25) is 4.79 Å². The van der Waals surface area contributed by atoms with Crippen LogP contribution in [0, 0.1) is 5.82 Å². The zero-order chi connectivity index (χ0) is 12.0. The molecule has 4 heteroatoms. The third-order valence-corrected chi connectivity index (χ3v) is 2.32. The van der Waals surface area contributed by atoms with Crippen LogP contribution in [0.25, 0.3) is 0 Å². The molecule has 0 radical (unpaired) electrons. The van der Waals surface area contributed by atoms with E-state index in [1.807, 2.05) is 0 Å². The predicted octanol–water partition coefficient (Wildman–Crippen LogP) is 1.78. The highest BCUT2D eigenvalue weighted by atomic mass is 19.1. The Kier molecular flexibility index (Phi) is 4.92. The van der Waals surface area contributed by atoms with Crippen LogP contribution in [0.15, 0.2) is 24.3 Å². The second kappa shape index (κ2) is 6.23. The Morgan fingerprint density at radius 2 is 2.06 bits per heavy atom. The van der Waals surface area contributed by atoms with Crippen molar-refractivity contribution >= 4 is 5.91 Å². The second-order valence-electron chi connectivity index (χ2n) is 3.56. The first-order chi connectivity index (χ1) is 7.63. The van der Waals surface area contributed by atoms with Gasteiger partial charge in [-0.15, -0.1) is 0 Å². The summed E-state index contributed by atoms with van der Waals surface area (Å²) in [7, 11) is 0. The minimum atomic E-state index is -0.669. The monoisotopic (exact) mass is 225 g/mol. The fourth-order valence-corrected chi connectivity index (χ4v) is 1.32. The molecule has 3 nitrogen and oxygen atoms in total. The summed E-state index contributed by atoms with van der Waals surface area (Å²) in [6.45, 7) is 2.19. The zero-order valence-corrected chi connectivity index (χ0v) is 9.24. The van der Waals surface area contributed by atoms with Gasteiger partial charge >= 0.3 is 0 Å². The van der Waals surface area contributed by atoms with Gasteiger partial charge in [-0.1, -0.05) is 19.1 Å². The van der Waals surface area contributed by atoms with Crippen LogP contribution in [-0.4, -0.2) is 17.6 Å². The van der Waals surface area contributed by atoms with Gasteiger partial charge in [0.15, 0.2) is 0 Å². The lowest BCUT2D eigenvalue weighted by molar-refractivity contribution is -0.120. The van der Waals surface area contributed by atoms with Crippen molar-refractivity contribution in [2.45, 2.75) is 25.9 Å². The van der Waals surface area contributed by atoms with Crippen LogP contribution in [0.1, 0.15) is 31.4 Å². The standard InChI is InChI=1S/C12H16FNO2/c1-2-12(16)14-8-7-11(15)9-3-5-10(13)6-4-9/h3-6,11,15H,2,7-8H2,1H3,(H,14,16). The van der Waals surface area contributed by atoms with E-state index in [1.54, 1.807) is 19.1 Å². The average molecular weight is 225 g/mol. The number of rotatable bonds is 5. The number of amides is 1. The topological polar surface area (TPSA) is 49.3 Å². The fourth-order valence-electron chi connectivity index (χ4n) is 1.32. The lowest BCUT2D eigenvalue weighted by atomic mass is 10.1. The number of nitrogens with one attached hydrogen (secondary N) is 1. The summed E-state index contributed by atoms with van der Waals surface area (Å²) < 4.78 is 12.6. The molecule has 0 aliphatic heterocycles. The number of hydrogen-bond donors (Lipinski definition) is 2. The van der Waals surface area contributed by atoms with E-state index in [4.69, 9.17) is 0 Å². The summed E-state index contributed by atoms with van der Waals surface area (Å²) in [5, 5.41) is 12.4. The van der Waals surface area contributed by atoms with E-state index >= 15 is 0 Å². The van der Waals surface area contributed by atoms with Gasteiger partial charge < -0.3 is 10.4 Å². The molecule has 1 unspecified atom stereocenters. The molecule has 2 N–H and O–H groups in total. The predicted molar refractivity (Wildman–Crippen MR) is 59.3 cm³/mol. The van der Waals surface area contributed by atoms with Crippen molar-refractivity contribution < 1.29 is 14.3 Å². The number of carbonyl (C=O) groups excluding carboxylic acids is 1. The minimum absolute atomic E-state index is 0.0358. The first kappa shape index (κ1) is 12.6. The summed E-state index contributed by atoms with van der Waals surface area (Å²) in [5.41, 5.74) is 0.659. The van der Waals surface area contributed by atoms with E-state index in [1.165, 1.54) is 12.1 Å². The van der Waals surface area contributed by atoms with Gasteiger partial charge in [-0.05, 0) is 24.1 Å². The Morgan fingerprint density at radius 1 is 1.44 bits per heavy atom. The lowest BCUT2D eigenvalue weighted by Crippen LogP contribution is -2.24. The van der Waals surface area contributed by atoms with Gasteiger partial charge in [-0.2, -0.15) is 0 Å². The molecule has 0 fully saturated rings. The summed E-state index contributed by atoms with van der Waals surface area (Å²) in [5.74, 6) is -0.360. The van der Waals surface area contributed by atoms with Crippen LogP contribution < -0.4 is 5.32 Å². The first-order valence-electron chi connectivity index (χ1n) is 5.33. The molecule has 1 aromatic carbocycles. The van der Waals surface area contributed by atoms with Crippen LogP contribution in [-0.2, 0) is 4.79 Å². The number of benzene rings is 1. The lowest BCUT2D eigenvalue weighted by Gasteiger charge is -2.11. The van der Waals surface area contributed by atoms with E-state index in [0.717, 1.165) is 0 Å². The van der Waals surface area contributed by atoms with Gasteiger partial charge in [0.05, 0.1) is 6.10 Å². The van der Waals surface area contributed by atoms with Crippen molar-refractivity contribution in [3.8, 4) is 0 Å². The first-order valence-corrected chi connectivity index (χ1v) is 5.33. The van der Waals surface area contributed by atoms with Gasteiger partial charge in [0, 0.05) is 13.0 Å². The minimum Gasteiger partial charge on any atom is -0.388 e. The number of aliphatic hydroxyl groups is 1. The van der Waals surface area contributed by atoms with Crippen LogP contribution in [0.2, 0.25) is 0 Å². The Balaban J connectivity index is 2.37. The van der Waals surface area contributed by atoms with Gasteiger partial charge in [0.1, 0.15) is 5.82 Å². The summed E-state index contributed by atoms with van der Waals surface area (Å²) in [4.78, 5) is 10.9. The van der Waals surface area contributed by atoms with Crippen LogP contribution >= 0.6 is 0 Å². The Morgan fingerprint density at radius 3 is 2.62 bits per heavy atom. The van der Waals surface area contributed by atoms with E-state index in [-0.39, 0.29) is 11.7 Å². The molecule has 1 rings (SSSR count). The summed E-state index contributed by atoms with van der Waals surface area (Å²) >= 11 is 0. The van der Waals surface area contributed by atoms with Crippen molar-refractivity contribution in [1.82, 2.24) is 5.32 Å². The van der Waals surface area contributed by atoms with Crippen molar-refractivity contribution in [3.05, 3.63) is 35.6 Å². The van der Waals surface area contributed by atoms with Crippen molar-refractivity contribution in [1.29, 1.82) is 0 Å². The SMILES string of the molecule is CCC(=O)NCCC(O)c1ccc(F)cc1. The average Bonchev–Trinajstić information content (AvgIpc) is 2.29. The van der Waals surface area contributed by atoms with Crippen LogP contribution in [0.3, 0.4) is 0 Å². The summed E-state index contributed by atoms with van der Waals surface area (Å²) in [6, 6.07) is 5.70. The Labute approximate surface area is 94.3 Å². The number of carbonyl (C=O) groups is 1. The third kappa shape index (κ3) is 3.98. The molecule has 0 saturated heterocycles. The molecule has 1 aromatic rings. The maximum absolute atomic E-state index is 12.6. The van der Waals surface area contributed by atoms with Crippen molar-refractivity contribution in [3.63, 3.8) is 0 Å². The highest BCUT2D eigenvalue weighted by Crippen LogP contribution is 2.16. The molecule has 1 atom stereocenters. The maximum atomic E-state index is 12.6. The largest absolute Gasteiger partial charge is 0.388 e. The maximum Gasteiger partial charge on any atom is 0.219 e. The number of halogens is 1. The van der Waals surface area contributed by atoms with Gasteiger partial charge in [0.2, 0.25) is 5.91 Å². The van der Waals surface area contributed by atoms with Crippen molar-refractivity contribution in [2.24, 2.45) is 0 Å². The van der Waals surface area contributed by atoms with E-state index < -0.39 is 6.10 Å². The van der Waals surface area contributed by atoms with E-state index in [0.29, 0.717) is 24.9 Å². The molecule has 16 heavy (non-hydrogen) atoms. The van der Waals surface area contributed by atoms with E-state index in [9.17, 15) is 14.3 Å². The molecule has 0 bridgehead atoms. The highest BCUT2D eigenvalue weighted by Gasteiger charge is 2.07. The molecular formula is C12H16FNO2. The molecule has 0 aliphatic rings. The molecule has 0 aromatic heterocycles. The Bertz CT molecular complexity index is 337. The third-order valence-electron chi connectivity index (χ3n) is 2.32. The van der Waals surface area contributed by atoms with E-state index in [2.05, 4.69) is 5.32 Å². The smallest absolute Gasteiger partial charge is 0.219 e.